The predicted molar refractivity (Wildman–Crippen MR) is 133 cm³/mol. The molecule has 2 fully saturated rings. The number of aliphatic hydroxyl groups is 1. The van der Waals surface area contributed by atoms with Gasteiger partial charge in [0.2, 0.25) is 5.91 Å². The quantitative estimate of drug-likeness (QED) is 0.702. The molecule has 2 aliphatic heterocycles. The van der Waals surface area contributed by atoms with Crippen molar-refractivity contribution in [2.24, 2.45) is 0 Å². The number of fused-ring (bicyclic) bond motifs is 1. The summed E-state index contributed by atoms with van der Waals surface area (Å²) in [6.07, 6.45) is 3.66. The van der Waals surface area contributed by atoms with Gasteiger partial charge in [0.05, 0.1) is 29.3 Å². The van der Waals surface area contributed by atoms with Crippen molar-refractivity contribution >= 4 is 11.7 Å². The van der Waals surface area contributed by atoms with Crippen molar-refractivity contribution in [2.45, 2.75) is 69.6 Å². The fourth-order valence-corrected chi connectivity index (χ4v) is 6.01. The van der Waals surface area contributed by atoms with Crippen molar-refractivity contribution in [2.75, 3.05) is 31.1 Å². The molecule has 1 aromatic heterocycles. The first-order chi connectivity index (χ1) is 16.8. The summed E-state index contributed by atoms with van der Waals surface area (Å²) in [7, 11) is 0. The maximum absolute atomic E-state index is 13.9. The number of hydrogen-bond donors (Lipinski definition) is 2. The van der Waals surface area contributed by atoms with Gasteiger partial charge in [-0.2, -0.15) is 5.26 Å². The molecular formula is C27H34N6O2. The second-order valence-corrected chi connectivity index (χ2v) is 10.8. The number of rotatable bonds is 4. The molecule has 2 N–H and O–H groups in total. The molecule has 35 heavy (non-hydrogen) atoms. The van der Waals surface area contributed by atoms with Gasteiger partial charge in [-0.25, -0.2) is 9.97 Å². The van der Waals surface area contributed by atoms with Crippen LogP contribution in [0.3, 0.4) is 0 Å². The number of aromatic nitrogens is 2. The third-order valence-electron chi connectivity index (χ3n) is 7.89. The Labute approximate surface area is 207 Å². The minimum absolute atomic E-state index is 0.00311. The van der Waals surface area contributed by atoms with Gasteiger partial charge in [0.1, 0.15) is 12.1 Å². The van der Waals surface area contributed by atoms with E-state index in [2.05, 4.69) is 47.0 Å². The van der Waals surface area contributed by atoms with Gasteiger partial charge in [-0.15, -0.1) is 0 Å². The summed E-state index contributed by atoms with van der Waals surface area (Å²) < 4.78 is 0. The second-order valence-electron chi connectivity index (χ2n) is 10.8. The van der Waals surface area contributed by atoms with Crippen molar-refractivity contribution in [1.82, 2.24) is 20.2 Å². The third-order valence-corrected chi connectivity index (χ3v) is 7.89. The molecule has 0 radical (unpaired) electrons. The van der Waals surface area contributed by atoms with Gasteiger partial charge in [0, 0.05) is 43.3 Å². The van der Waals surface area contributed by atoms with Crippen molar-refractivity contribution < 1.29 is 9.90 Å². The van der Waals surface area contributed by atoms with Crippen LogP contribution in [0.1, 0.15) is 80.4 Å². The zero-order valence-corrected chi connectivity index (χ0v) is 20.7. The average Bonchev–Trinajstić information content (AvgIpc) is 3.37. The monoisotopic (exact) mass is 474 g/mol. The first kappa shape index (κ1) is 23.7. The van der Waals surface area contributed by atoms with Gasteiger partial charge in [0.15, 0.2) is 0 Å². The molecule has 0 bridgehead atoms. The van der Waals surface area contributed by atoms with Gasteiger partial charge in [-0.3, -0.25) is 4.79 Å². The van der Waals surface area contributed by atoms with Gasteiger partial charge >= 0.3 is 0 Å². The first-order valence-corrected chi connectivity index (χ1v) is 12.6. The van der Waals surface area contributed by atoms with Crippen molar-refractivity contribution in [3.8, 4) is 6.07 Å². The first-order valence-electron chi connectivity index (χ1n) is 12.6. The Bertz CT molecular complexity index is 1130. The Morgan fingerprint density at radius 2 is 1.91 bits per heavy atom. The lowest BCUT2D eigenvalue weighted by atomic mass is 9.88. The number of anilines is 1. The largest absolute Gasteiger partial charge is 0.387 e. The average molecular weight is 475 g/mol. The van der Waals surface area contributed by atoms with E-state index in [-0.39, 0.29) is 29.3 Å². The molecule has 4 atom stereocenters. The van der Waals surface area contributed by atoms with Crippen LogP contribution in [0.15, 0.2) is 30.6 Å². The Hall–Kier alpha value is -3.02. The molecule has 8 heteroatoms. The maximum Gasteiger partial charge on any atom is 0.231 e. The summed E-state index contributed by atoms with van der Waals surface area (Å²) in [5, 5.41) is 23.2. The van der Waals surface area contributed by atoms with Crippen LogP contribution in [-0.2, 0) is 4.79 Å². The summed E-state index contributed by atoms with van der Waals surface area (Å²) in [5.41, 5.74) is 3.36. The number of nitriles is 1. The van der Waals surface area contributed by atoms with Crippen LogP contribution in [0.5, 0.6) is 0 Å². The lowest BCUT2D eigenvalue weighted by molar-refractivity contribution is -0.133. The summed E-state index contributed by atoms with van der Waals surface area (Å²) in [6.45, 7) is 9.12. The zero-order chi connectivity index (χ0) is 24.7. The Morgan fingerprint density at radius 1 is 1.20 bits per heavy atom. The van der Waals surface area contributed by atoms with E-state index in [9.17, 15) is 15.2 Å². The Balaban J connectivity index is 1.34. The molecule has 2 saturated heterocycles. The molecule has 1 amide bonds. The van der Waals surface area contributed by atoms with Crippen LogP contribution < -0.4 is 10.2 Å². The van der Waals surface area contributed by atoms with Crippen LogP contribution in [-0.4, -0.2) is 63.6 Å². The molecular weight excluding hydrogens is 440 g/mol. The van der Waals surface area contributed by atoms with Crippen molar-refractivity contribution in [3.63, 3.8) is 0 Å². The Kier molecular flexibility index (Phi) is 6.24. The van der Waals surface area contributed by atoms with Gasteiger partial charge in [-0.1, -0.05) is 19.1 Å². The standard InChI is InChI=1S/C27H34N6O2/c1-17-14-21(34)24-22(17)25(30-16-29-24)32-10-12-33(13-11-32)26(35)23(20-8-9-27(2,3)31-20)19-6-4-18(15-28)5-7-19/h4-7,16-17,20-21,23,31,34H,8-14H2,1-3H3/t17-,20+,21-,23+/m1/s1. The molecule has 5 rings (SSSR count). The number of benzene rings is 1. The molecule has 0 unspecified atom stereocenters. The van der Waals surface area contributed by atoms with Gasteiger partial charge in [-0.05, 0) is 56.7 Å². The van der Waals surface area contributed by atoms with Crippen LogP contribution in [0.25, 0.3) is 0 Å². The molecule has 1 aromatic carbocycles. The fourth-order valence-electron chi connectivity index (χ4n) is 6.01. The van der Waals surface area contributed by atoms with E-state index in [0.717, 1.165) is 35.5 Å². The van der Waals surface area contributed by atoms with Crippen molar-refractivity contribution in [3.05, 3.63) is 53.0 Å². The van der Waals surface area contributed by atoms with Crippen LogP contribution in [0.2, 0.25) is 0 Å². The number of piperazine rings is 1. The van der Waals surface area contributed by atoms with E-state index in [0.29, 0.717) is 38.2 Å². The molecule has 2 aromatic rings. The highest BCUT2D eigenvalue weighted by Gasteiger charge is 2.41. The lowest BCUT2D eigenvalue weighted by Gasteiger charge is -2.39. The van der Waals surface area contributed by atoms with E-state index in [1.54, 1.807) is 18.5 Å². The number of nitrogens with one attached hydrogen (secondary N) is 1. The topological polar surface area (TPSA) is 105 Å². The minimum Gasteiger partial charge on any atom is -0.387 e. The summed E-state index contributed by atoms with van der Waals surface area (Å²) in [6, 6.07) is 9.71. The second kappa shape index (κ2) is 9.21. The van der Waals surface area contributed by atoms with E-state index in [1.807, 2.05) is 17.0 Å². The SMILES string of the molecule is C[C@@H]1C[C@@H](O)c2ncnc(N3CCN(C(=O)[C@@H](c4ccc(C#N)cc4)[C@@H]4CCC(C)(C)N4)CC3)c21. The molecule has 0 saturated carbocycles. The van der Waals surface area contributed by atoms with Gasteiger partial charge in [0.25, 0.3) is 0 Å². The van der Waals surface area contributed by atoms with E-state index >= 15 is 0 Å². The zero-order valence-electron chi connectivity index (χ0n) is 20.7. The normalized spacial score (nSPS) is 26.3. The smallest absolute Gasteiger partial charge is 0.231 e. The van der Waals surface area contributed by atoms with Crippen LogP contribution in [0, 0.1) is 11.3 Å². The summed E-state index contributed by atoms with van der Waals surface area (Å²) in [4.78, 5) is 27.0. The number of carbonyl (C=O) groups is 1. The van der Waals surface area contributed by atoms with Gasteiger partial charge < -0.3 is 20.2 Å². The number of aliphatic hydroxyl groups excluding tert-OH is 1. The van der Waals surface area contributed by atoms with E-state index in [1.165, 1.54) is 0 Å². The fraction of sp³-hybridized carbons (Fsp3) is 0.556. The number of hydrogen-bond acceptors (Lipinski definition) is 7. The molecule has 3 heterocycles. The molecule has 184 valence electrons. The number of nitrogens with zero attached hydrogens (tertiary/aromatic N) is 5. The highest BCUT2D eigenvalue weighted by Crippen LogP contribution is 2.43. The minimum atomic E-state index is -0.527. The number of carbonyl (C=O) groups excluding carboxylic acids is 1. The third kappa shape index (κ3) is 4.51. The van der Waals surface area contributed by atoms with Crippen LogP contribution in [0.4, 0.5) is 5.82 Å². The molecule has 0 spiro atoms. The Morgan fingerprint density at radius 3 is 2.54 bits per heavy atom. The number of amides is 1. The predicted octanol–water partition coefficient (Wildman–Crippen LogP) is 2.85. The maximum atomic E-state index is 13.9. The van der Waals surface area contributed by atoms with E-state index in [4.69, 9.17) is 0 Å². The highest BCUT2D eigenvalue weighted by molar-refractivity contribution is 5.85. The molecule has 1 aliphatic carbocycles. The van der Waals surface area contributed by atoms with Crippen molar-refractivity contribution in [1.29, 1.82) is 5.26 Å². The van der Waals surface area contributed by atoms with E-state index < -0.39 is 6.10 Å². The highest BCUT2D eigenvalue weighted by atomic mass is 16.3. The summed E-state index contributed by atoms with van der Waals surface area (Å²) >= 11 is 0. The lowest BCUT2D eigenvalue weighted by Crippen LogP contribution is -2.53. The summed E-state index contributed by atoms with van der Waals surface area (Å²) in [5.74, 6) is 0.971. The van der Waals surface area contributed by atoms with Crippen LogP contribution >= 0.6 is 0 Å². The molecule has 3 aliphatic rings. The molecule has 8 nitrogen and oxygen atoms in total.